The van der Waals surface area contributed by atoms with Crippen molar-refractivity contribution >= 4 is 11.7 Å². The third kappa shape index (κ3) is 6.08. The Bertz CT molecular complexity index is 1090. The van der Waals surface area contributed by atoms with Crippen LogP contribution in [0.1, 0.15) is 75.6 Å². The summed E-state index contributed by atoms with van der Waals surface area (Å²) in [6.07, 6.45) is 4.69. The Hall–Kier alpha value is -3.20. The maximum absolute atomic E-state index is 13.2. The Morgan fingerprint density at radius 1 is 0.857 bits per heavy atom. The van der Waals surface area contributed by atoms with Crippen molar-refractivity contribution in [3.05, 3.63) is 107 Å². The van der Waals surface area contributed by atoms with E-state index < -0.39 is 11.0 Å². The Morgan fingerprint density at radius 3 is 1.86 bits per heavy atom. The number of carbonyl (C=O) groups is 1. The summed E-state index contributed by atoms with van der Waals surface area (Å²) >= 11 is 0. The first-order valence-electron chi connectivity index (χ1n) is 12.8. The fourth-order valence-electron chi connectivity index (χ4n) is 5.04. The van der Waals surface area contributed by atoms with E-state index in [9.17, 15) is 4.79 Å². The lowest BCUT2D eigenvalue weighted by Gasteiger charge is -2.31. The van der Waals surface area contributed by atoms with Crippen LogP contribution in [0.15, 0.2) is 89.9 Å². The molecule has 1 aliphatic rings. The van der Waals surface area contributed by atoms with E-state index in [1.54, 1.807) is 0 Å². The first-order chi connectivity index (χ1) is 16.8. The van der Waals surface area contributed by atoms with E-state index >= 15 is 0 Å². The van der Waals surface area contributed by atoms with Gasteiger partial charge in [0.05, 0.1) is 17.2 Å². The molecule has 0 bridgehead atoms. The van der Waals surface area contributed by atoms with Crippen LogP contribution in [-0.2, 0) is 21.4 Å². The molecule has 3 aromatic carbocycles. The smallest absolute Gasteiger partial charge is 0.317 e. The van der Waals surface area contributed by atoms with E-state index in [-0.39, 0.29) is 12.0 Å². The summed E-state index contributed by atoms with van der Waals surface area (Å²) in [5.41, 5.74) is 4.59. The molecular formula is C32H37NO2. The summed E-state index contributed by atoms with van der Waals surface area (Å²) in [5.74, 6) is -0.0800. The highest BCUT2D eigenvalue weighted by atomic mass is 16.6. The van der Waals surface area contributed by atoms with Gasteiger partial charge >= 0.3 is 5.97 Å². The highest BCUT2D eigenvalue weighted by Crippen LogP contribution is 2.43. The van der Waals surface area contributed by atoms with E-state index in [1.807, 2.05) is 32.9 Å². The number of esters is 1. The Balaban J connectivity index is 1.54. The zero-order valence-corrected chi connectivity index (χ0v) is 21.5. The van der Waals surface area contributed by atoms with Crippen LogP contribution >= 0.6 is 0 Å². The SMILES string of the molecule is CC(Cc1ccc(C2(C(=O)OC(C)(C)C)CCCC2)cc1)N=C(c1ccccc1)c1ccccc1. The van der Waals surface area contributed by atoms with Crippen LogP contribution < -0.4 is 0 Å². The molecule has 0 amide bonds. The fourth-order valence-corrected chi connectivity index (χ4v) is 5.04. The molecule has 1 saturated carbocycles. The van der Waals surface area contributed by atoms with Crippen LogP contribution in [0.4, 0.5) is 0 Å². The van der Waals surface area contributed by atoms with Gasteiger partial charge in [-0.1, -0.05) is 97.8 Å². The topological polar surface area (TPSA) is 38.7 Å². The van der Waals surface area contributed by atoms with Gasteiger partial charge in [0.25, 0.3) is 0 Å². The molecule has 0 saturated heterocycles. The molecule has 0 radical (unpaired) electrons. The van der Waals surface area contributed by atoms with Gasteiger partial charge in [-0.2, -0.15) is 0 Å². The second kappa shape index (κ2) is 10.6. The molecule has 4 rings (SSSR count). The molecule has 35 heavy (non-hydrogen) atoms. The van der Waals surface area contributed by atoms with E-state index in [4.69, 9.17) is 9.73 Å². The summed E-state index contributed by atoms with van der Waals surface area (Å²) in [7, 11) is 0. The third-order valence-corrected chi connectivity index (χ3v) is 6.73. The largest absolute Gasteiger partial charge is 0.459 e. The molecule has 3 aromatic rings. The molecule has 0 aliphatic heterocycles. The molecular weight excluding hydrogens is 430 g/mol. The van der Waals surface area contributed by atoms with E-state index in [0.29, 0.717) is 0 Å². The molecule has 0 aromatic heterocycles. The van der Waals surface area contributed by atoms with Gasteiger partial charge in [-0.3, -0.25) is 9.79 Å². The number of nitrogens with zero attached hydrogens (tertiary/aromatic N) is 1. The summed E-state index contributed by atoms with van der Waals surface area (Å²) in [5, 5.41) is 0. The van der Waals surface area contributed by atoms with Gasteiger partial charge in [0.2, 0.25) is 0 Å². The van der Waals surface area contributed by atoms with E-state index in [1.165, 1.54) is 5.56 Å². The lowest BCUT2D eigenvalue weighted by molar-refractivity contribution is -0.162. The summed E-state index contributed by atoms with van der Waals surface area (Å²) in [4.78, 5) is 18.3. The average Bonchev–Trinajstić information content (AvgIpc) is 3.35. The van der Waals surface area contributed by atoms with Gasteiger partial charge in [0.1, 0.15) is 5.60 Å². The van der Waals surface area contributed by atoms with Crippen molar-refractivity contribution in [1.29, 1.82) is 0 Å². The predicted octanol–water partition coefficient (Wildman–Crippen LogP) is 7.31. The second-order valence-corrected chi connectivity index (χ2v) is 10.8. The van der Waals surface area contributed by atoms with Crippen LogP contribution in [0.2, 0.25) is 0 Å². The minimum atomic E-state index is -0.511. The highest BCUT2D eigenvalue weighted by molar-refractivity contribution is 6.12. The monoisotopic (exact) mass is 467 g/mol. The van der Waals surface area contributed by atoms with E-state index in [2.05, 4.69) is 79.7 Å². The third-order valence-electron chi connectivity index (χ3n) is 6.73. The lowest BCUT2D eigenvalue weighted by Crippen LogP contribution is -2.39. The van der Waals surface area contributed by atoms with Gasteiger partial charge in [-0.15, -0.1) is 0 Å². The average molecular weight is 468 g/mol. The quantitative estimate of drug-likeness (QED) is 0.270. The van der Waals surface area contributed by atoms with E-state index in [0.717, 1.165) is 54.5 Å². The number of rotatable bonds is 7. The van der Waals surface area contributed by atoms with Gasteiger partial charge < -0.3 is 4.74 Å². The normalized spacial score (nSPS) is 15.9. The van der Waals surface area contributed by atoms with Gasteiger partial charge in [-0.25, -0.2) is 0 Å². The van der Waals surface area contributed by atoms with Crippen molar-refractivity contribution in [1.82, 2.24) is 0 Å². The fraction of sp³-hybridized carbons (Fsp3) is 0.375. The molecule has 3 heteroatoms. The molecule has 1 atom stereocenters. The van der Waals surface area contributed by atoms with Crippen LogP contribution in [0.3, 0.4) is 0 Å². The second-order valence-electron chi connectivity index (χ2n) is 10.8. The summed E-state index contributed by atoms with van der Waals surface area (Å²) in [6.45, 7) is 7.99. The van der Waals surface area contributed by atoms with Crippen molar-refractivity contribution in [3.8, 4) is 0 Å². The molecule has 3 nitrogen and oxygen atoms in total. The predicted molar refractivity (Wildman–Crippen MR) is 144 cm³/mol. The van der Waals surface area contributed by atoms with Gasteiger partial charge in [0.15, 0.2) is 0 Å². The van der Waals surface area contributed by atoms with Crippen LogP contribution in [0.5, 0.6) is 0 Å². The molecule has 1 aliphatic carbocycles. The summed E-state index contributed by atoms with van der Waals surface area (Å²) in [6, 6.07) is 29.5. The van der Waals surface area contributed by atoms with Gasteiger partial charge in [-0.05, 0) is 58.1 Å². The Morgan fingerprint density at radius 2 is 1.37 bits per heavy atom. The number of benzene rings is 3. The molecule has 1 fully saturated rings. The van der Waals surface area contributed by atoms with Gasteiger partial charge in [0, 0.05) is 11.1 Å². The number of ether oxygens (including phenoxy) is 1. The maximum atomic E-state index is 13.2. The molecule has 0 spiro atoms. The van der Waals surface area contributed by atoms with Crippen molar-refractivity contribution in [3.63, 3.8) is 0 Å². The van der Waals surface area contributed by atoms with Crippen molar-refractivity contribution < 1.29 is 9.53 Å². The lowest BCUT2D eigenvalue weighted by atomic mass is 9.78. The number of carbonyl (C=O) groups excluding carboxylic acids is 1. The molecule has 0 N–H and O–H groups in total. The number of aliphatic imine (C=N–C) groups is 1. The van der Waals surface area contributed by atoms with Crippen LogP contribution in [0.25, 0.3) is 0 Å². The summed E-state index contributed by atoms with van der Waals surface area (Å²) < 4.78 is 5.85. The van der Waals surface area contributed by atoms with Crippen LogP contribution in [-0.4, -0.2) is 23.3 Å². The highest BCUT2D eigenvalue weighted by Gasteiger charge is 2.45. The number of hydrogen-bond donors (Lipinski definition) is 0. The van der Waals surface area contributed by atoms with Crippen molar-refractivity contribution in [2.45, 2.75) is 76.9 Å². The molecule has 0 heterocycles. The Kier molecular flexibility index (Phi) is 7.54. The van der Waals surface area contributed by atoms with Crippen molar-refractivity contribution in [2.75, 3.05) is 0 Å². The van der Waals surface area contributed by atoms with Crippen molar-refractivity contribution in [2.24, 2.45) is 4.99 Å². The Labute approximate surface area is 210 Å². The standard InChI is InChI=1S/C32H37NO2/c1-24(33-29(26-13-7-5-8-14-26)27-15-9-6-10-16-27)23-25-17-19-28(20-18-25)32(21-11-12-22-32)30(34)35-31(2,3)4/h5-10,13-20,24H,11-12,21-23H2,1-4H3. The number of hydrogen-bond acceptors (Lipinski definition) is 3. The maximum Gasteiger partial charge on any atom is 0.317 e. The first kappa shape index (κ1) is 24.9. The first-order valence-corrected chi connectivity index (χ1v) is 12.8. The molecule has 1 unspecified atom stereocenters. The zero-order chi connectivity index (χ0) is 24.9. The molecule has 182 valence electrons. The minimum absolute atomic E-state index is 0.0800. The van der Waals surface area contributed by atoms with Crippen LogP contribution in [0, 0.1) is 0 Å². The zero-order valence-electron chi connectivity index (χ0n) is 21.5. The minimum Gasteiger partial charge on any atom is -0.459 e.